The summed E-state index contributed by atoms with van der Waals surface area (Å²) in [7, 11) is 0. The Kier molecular flexibility index (Phi) is 3.94. The summed E-state index contributed by atoms with van der Waals surface area (Å²) >= 11 is 0. The van der Waals surface area contributed by atoms with Crippen molar-refractivity contribution < 1.29 is 4.52 Å². The average molecular weight is 264 g/mol. The van der Waals surface area contributed by atoms with Gasteiger partial charge in [0.2, 0.25) is 5.89 Å². The van der Waals surface area contributed by atoms with Crippen molar-refractivity contribution in [3.05, 3.63) is 44.8 Å². The van der Waals surface area contributed by atoms with E-state index in [4.69, 9.17) is 4.52 Å². The summed E-state index contributed by atoms with van der Waals surface area (Å²) in [5.74, 6) is 0.832. The van der Waals surface area contributed by atoms with Gasteiger partial charge in [0.1, 0.15) is 0 Å². The van der Waals surface area contributed by atoms with Gasteiger partial charge >= 0.3 is 5.69 Å². The first kappa shape index (κ1) is 13.3. The molecule has 2 rings (SSSR count). The summed E-state index contributed by atoms with van der Waals surface area (Å²) in [6.07, 6.45) is 2.95. The van der Waals surface area contributed by atoms with Gasteiger partial charge in [0, 0.05) is 25.2 Å². The molecule has 7 nitrogen and oxygen atoms in total. The van der Waals surface area contributed by atoms with Gasteiger partial charge in [-0.15, -0.1) is 0 Å². The van der Waals surface area contributed by atoms with Gasteiger partial charge in [-0.25, -0.2) is 4.79 Å². The van der Waals surface area contributed by atoms with Crippen LogP contribution in [0.1, 0.15) is 32.0 Å². The van der Waals surface area contributed by atoms with Gasteiger partial charge < -0.3 is 9.09 Å². The van der Waals surface area contributed by atoms with E-state index in [1.165, 1.54) is 16.8 Å². The number of aromatic nitrogens is 4. The van der Waals surface area contributed by atoms with Crippen LogP contribution in [0.15, 0.2) is 26.4 Å². The quantitative estimate of drug-likeness (QED) is 0.781. The molecule has 7 heteroatoms. The van der Waals surface area contributed by atoms with Crippen molar-refractivity contribution in [3.8, 4) is 0 Å². The fourth-order valence-corrected chi connectivity index (χ4v) is 1.75. The molecule has 2 aromatic heterocycles. The van der Waals surface area contributed by atoms with E-state index in [2.05, 4.69) is 10.1 Å². The normalized spacial score (nSPS) is 10.8. The molecule has 2 heterocycles. The second-order valence-corrected chi connectivity index (χ2v) is 4.17. The molecule has 0 aliphatic heterocycles. The predicted molar refractivity (Wildman–Crippen MR) is 68.0 cm³/mol. The van der Waals surface area contributed by atoms with Crippen molar-refractivity contribution >= 4 is 0 Å². The predicted octanol–water partition coefficient (Wildman–Crippen LogP) is 0.414. The average Bonchev–Trinajstić information content (AvgIpc) is 2.86. The van der Waals surface area contributed by atoms with Crippen molar-refractivity contribution in [1.29, 1.82) is 0 Å². The van der Waals surface area contributed by atoms with E-state index in [1.807, 2.05) is 13.8 Å². The summed E-state index contributed by atoms with van der Waals surface area (Å²) in [6.45, 7) is 4.46. The van der Waals surface area contributed by atoms with Crippen LogP contribution in [0.4, 0.5) is 0 Å². The monoisotopic (exact) mass is 264 g/mol. The summed E-state index contributed by atoms with van der Waals surface area (Å²) in [5.41, 5.74) is -0.711. The number of aryl methyl sites for hydroxylation is 2. The Morgan fingerprint density at radius 1 is 1.32 bits per heavy atom. The number of nitrogens with zero attached hydrogens (tertiary/aromatic N) is 4. The van der Waals surface area contributed by atoms with Crippen LogP contribution in [-0.4, -0.2) is 19.3 Å². The maximum Gasteiger partial charge on any atom is 0.331 e. The molecule has 0 radical (unpaired) electrons. The van der Waals surface area contributed by atoms with Gasteiger partial charge in [0.05, 0.1) is 6.54 Å². The largest absolute Gasteiger partial charge is 0.339 e. The Labute approximate surface area is 109 Å². The van der Waals surface area contributed by atoms with Gasteiger partial charge in [-0.05, 0) is 6.42 Å². The Morgan fingerprint density at radius 2 is 2.11 bits per heavy atom. The molecule has 0 saturated heterocycles. The lowest BCUT2D eigenvalue weighted by molar-refractivity contribution is 0.374. The van der Waals surface area contributed by atoms with Gasteiger partial charge in [-0.1, -0.05) is 19.0 Å². The first-order chi connectivity index (χ1) is 9.15. The molecule has 0 unspecified atom stereocenters. The highest BCUT2D eigenvalue weighted by molar-refractivity contribution is 4.92. The molecule has 0 saturated carbocycles. The van der Waals surface area contributed by atoms with Crippen LogP contribution in [0.3, 0.4) is 0 Å². The van der Waals surface area contributed by atoms with Crippen LogP contribution < -0.4 is 11.2 Å². The van der Waals surface area contributed by atoms with Crippen molar-refractivity contribution in [3.63, 3.8) is 0 Å². The Bertz CT molecular complexity index is 668. The van der Waals surface area contributed by atoms with Crippen LogP contribution in [0, 0.1) is 0 Å². The van der Waals surface area contributed by atoms with E-state index >= 15 is 0 Å². The molecular formula is C12H16N4O3. The second kappa shape index (κ2) is 5.64. The van der Waals surface area contributed by atoms with E-state index in [-0.39, 0.29) is 17.8 Å². The van der Waals surface area contributed by atoms with Crippen molar-refractivity contribution in [2.75, 3.05) is 0 Å². The highest BCUT2D eigenvalue weighted by atomic mass is 16.5. The number of rotatable bonds is 5. The van der Waals surface area contributed by atoms with E-state index in [9.17, 15) is 9.59 Å². The third-order valence-corrected chi connectivity index (χ3v) is 2.72. The highest BCUT2D eigenvalue weighted by Gasteiger charge is 2.10. The third kappa shape index (κ3) is 2.81. The maximum absolute atomic E-state index is 12.1. The minimum atomic E-state index is -0.361. The summed E-state index contributed by atoms with van der Waals surface area (Å²) in [5, 5.41) is 3.75. The molecular weight excluding hydrogens is 248 g/mol. The Hall–Kier alpha value is -2.18. The SMILES string of the molecule is CCCn1ccc(=O)n(Cc2noc(CC)n2)c1=O. The maximum atomic E-state index is 12.1. The second-order valence-electron chi connectivity index (χ2n) is 4.17. The van der Waals surface area contributed by atoms with Gasteiger partial charge in [-0.3, -0.25) is 9.36 Å². The topological polar surface area (TPSA) is 82.9 Å². The van der Waals surface area contributed by atoms with Crippen molar-refractivity contribution in [2.45, 2.75) is 39.8 Å². The van der Waals surface area contributed by atoms with Gasteiger partial charge in [-0.2, -0.15) is 4.98 Å². The van der Waals surface area contributed by atoms with Crippen LogP contribution in [0.2, 0.25) is 0 Å². The van der Waals surface area contributed by atoms with Crippen LogP contribution in [0.5, 0.6) is 0 Å². The molecule has 0 atom stereocenters. The zero-order chi connectivity index (χ0) is 13.8. The summed E-state index contributed by atoms with van der Waals surface area (Å²) in [6, 6.07) is 1.37. The molecule has 0 aliphatic carbocycles. The molecule has 0 bridgehead atoms. The highest BCUT2D eigenvalue weighted by Crippen LogP contribution is 1.98. The molecule has 0 amide bonds. The minimum Gasteiger partial charge on any atom is -0.339 e. The number of hydrogen-bond acceptors (Lipinski definition) is 5. The van der Waals surface area contributed by atoms with Crippen LogP contribution in [-0.2, 0) is 19.5 Å². The molecule has 102 valence electrons. The fraction of sp³-hybridized carbons (Fsp3) is 0.500. The van der Waals surface area contributed by atoms with Crippen molar-refractivity contribution in [1.82, 2.24) is 19.3 Å². The lowest BCUT2D eigenvalue weighted by Crippen LogP contribution is -2.39. The standard InChI is InChI=1S/C12H16N4O3/c1-3-6-15-7-5-11(17)16(12(15)18)8-9-13-10(4-2)19-14-9/h5,7H,3-4,6,8H2,1-2H3. The molecule has 0 spiro atoms. The zero-order valence-corrected chi connectivity index (χ0v) is 11.0. The van der Waals surface area contributed by atoms with E-state index in [1.54, 1.807) is 0 Å². The first-order valence-corrected chi connectivity index (χ1v) is 6.27. The van der Waals surface area contributed by atoms with Crippen molar-refractivity contribution in [2.24, 2.45) is 0 Å². The zero-order valence-electron chi connectivity index (χ0n) is 11.0. The third-order valence-electron chi connectivity index (χ3n) is 2.72. The molecule has 19 heavy (non-hydrogen) atoms. The minimum absolute atomic E-state index is 0.0335. The molecule has 0 N–H and O–H groups in total. The smallest absolute Gasteiger partial charge is 0.331 e. The Balaban J connectivity index is 2.36. The molecule has 2 aromatic rings. The molecule has 0 aliphatic rings. The van der Waals surface area contributed by atoms with E-state index in [0.29, 0.717) is 24.7 Å². The Morgan fingerprint density at radius 3 is 2.74 bits per heavy atom. The summed E-state index contributed by atoms with van der Waals surface area (Å²) < 4.78 is 7.57. The molecule has 0 aromatic carbocycles. The lowest BCUT2D eigenvalue weighted by Gasteiger charge is -2.06. The first-order valence-electron chi connectivity index (χ1n) is 6.27. The van der Waals surface area contributed by atoms with E-state index < -0.39 is 0 Å². The molecule has 0 fully saturated rings. The van der Waals surface area contributed by atoms with Crippen LogP contribution >= 0.6 is 0 Å². The van der Waals surface area contributed by atoms with Crippen LogP contribution in [0.25, 0.3) is 0 Å². The fourth-order valence-electron chi connectivity index (χ4n) is 1.75. The number of hydrogen-bond donors (Lipinski definition) is 0. The van der Waals surface area contributed by atoms with Gasteiger partial charge in [0.25, 0.3) is 5.56 Å². The van der Waals surface area contributed by atoms with E-state index in [0.717, 1.165) is 11.0 Å². The summed E-state index contributed by atoms with van der Waals surface area (Å²) in [4.78, 5) is 27.9. The lowest BCUT2D eigenvalue weighted by atomic mass is 10.4. The van der Waals surface area contributed by atoms with Gasteiger partial charge in [0.15, 0.2) is 5.82 Å².